The average Bonchev–Trinajstić information content (AvgIpc) is 2.64. The maximum Gasteiger partial charge on any atom is 0.317 e. The van der Waals surface area contributed by atoms with Crippen molar-refractivity contribution in [1.29, 1.82) is 0 Å². The molecule has 2 aliphatic rings. The van der Waals surface area contributed by atoms with Crippen LogP contribution in [0, 0.1) is 5.92 Å². The number of hydrogen-bond donors (Lipinski definition) is 1. The van der Waals surface area contributed by atoms with Crippen LogP contribution in [0.1, 0.15) is 50.5 Å². The number of carbonyl (C=O) groups is 1. The van der Waals surface area contributed by atoms with Crippen LogP contribution in [-0.4, -0.2) is 30.6 Å². The number of hydrogen-bond acceptors (Lipinski definition) is 1. The number of rotatable bonds is 5. The molecule has 1 aliphatic heterocycles. The number of nitrogens with one attached hydrogen (secondary N) is 1. The minimum Gasteiger partial charge on any atom is -0.338 e. The molecule has 24 heavy (non-hydrogen) atoms. The quantitative estimate of drug-likeness (QED) is 0.792. The number of allylic oxidation sites excluding steroid dienone is 1. The summed E-state index contributed by atoms with van der Waals surface area (Å²) in [5, 5.41) is 3.11. The van der Waals surface area contributed by atoms with E-state index in [-0.39, 0.29) is 6.03 Å². The highest BCUT2D eigenvalue weighted by molar-refractivity contribution is 5.74. The van der Waals surface area contributed by atoms with Crippen molar-refractivity contribution in [2.24, 2.45) is 5.92 Å². The molecule has 1 heterocycles. The molecule has 1 aromatic rings. The predicted molar refractivity (Wildman–Crippen MR) is 99.0 cm³/mol. The molecule has 0 atom stereocenters. The van der Waals surface area contributed by atoms with Gasteiger partial charge in [-0.1, -0.05) is 42.0 Å². The summed E-state index contributed by atoms with van der Waals surface area (Å²) in [7, 11) is 0. The van der Waals surface area contributed by atoms with Gasteiger partial charge in [-0.05, 0) is 62.8 Å². The van der Waals surface area contributed by atoms with Gasteiger partial charge in [-0.15, -0.1) is 0 Å². The van der Waals surface area contributed by atoms with Crippen LogP contribution < -0.4 is 5.32 Å². The van der Waals surface area contributed by atoms with Crippen molar-refractivity contribution < 1.29 is 4.79 Å². The third kappa shape index (κ3) is 5.12. The molecule has 1 aliphatic carbocycles. The van der Waals surface area contributed by atoms with E-state index in [2.05, 4.69) is 41.7 Å². The van der Waals surface area contributed by atoms with E-state index < -0.39 is 0 Å². The predicted octanol–water partition coefficient (Wildman–Crippen LogP) is 4.54. The number of piperidine rings is 1. The first-order chi connectivity index (χ1) is 11.8. The molecular formula is C21H30N2O. The first-order valence-corrected chi connectivity index (χ1v) is 9.56. The number of urea groups is 1. The number of carbonyl (C=O) groups excluding carboxylic acids is 1. The Morgan fingerprint density at radius 2 is 1.92 bits per heavy atom. The van der Waals surface area contributed by atoms with E-state index in [9.17, 15) is 4.79 Å². The van der Waals surface area contributed by atoms with Gasteiger partial charge in [0.15, 0.2) is 0 Å². The van der Waals surface area contributed by atoms with Crippen LogP contribution >= 0.6 is 0 Å². The summed E-state index contributed by atoms with van der Waals surface area (Å²) < 4.78 is 0. The molecule has 3 rings (SSSR count). The average molecular weight is 326 g/mol. The lowest BCUT2D eigenvalue weighted by Crippen LogP contribution is -2.45. The number of likely N-dealkylation sites (tertiary alicyclic amines) is 1. The maximum absolute atomic E-state index is 12.3. The normalized spacial score (nSPS) is 19.0. The van der Waals surface area contributed by atoms with Gasteiger partial charge >= 0.3 is 6.03 Å². The Kier molecular flexibility index (Phi) is 6.33. The van der Waals surface area contributed by atoms with E-state index in [0.717, 1.165) is 45.3 Å². The van der Waals surface area contributed by atoms with Crippen LogP contribution in [0.15, 0.2) is 42.0 Å². The largest absolute Gasteiger partial charge is 0.338 e. The van der Waals surface area contributed by atoms with Crippen molar-refractivity contribution in [1.82, 2.24) is 10.2 Å². The summed E-state index contributed by atoms with van der Waals surface area (Å²) in [5.74, 6) is 0.712. The van der Waals surface area contributed by atoms with Gasteiger partial charge in [0, 0.05) is 19.6 Å². The van der Waals surface area contributed by atoms with E-state index in [1.807, 2.05) is 4.90 Å². The Bertz CT molecular complexity index is 544. The standard InChI is InChI=1S/C21H30N2O/c24-21(22-14-11-18-7-3-1-4-8-18)23-15-12-20(13-16-23)17-19-9-5-2-6-10-19/h2,5-7,9-10,20H,1,3-4,8,11-17H2,(H,22,24). The fourth-order valence-corrected chi connectivity index (χ4v) is 3.86. The zero-order valence-electron chi connectivity index (χ0n) is 14.7. The first kappa shape index (κ1) is 17.1. The van der Waals surface area contributed by atoms with E-state index >= 15 is 0 Å². The van der Waals surface area contributed by atoms with Crippen molar-refractivity contribution in [2.75, 3.05) is 19.6 Å². The van der Waals surface area contributed by atoms with E-state index in [4.69, 9.17) is 0 Å². The molecular weight excluding hydrogens is 296 g/mol. The molecule has 0 unspecified atom stereocenters. The lowest BCUT2D eigenvalue weighted by Gasteiger charge is -2.32. The molecule has 0 bridgehead atoms. The van der Waals surface area contributed by atoms with Gasteiger partial charge in [0.05, 0.1) is 0 Å². The summed E-state index contributed by atoms with van der Waals surface area (Å²) in [6.45, 7) is 2.58. The molecule has 1 N–H and O–H groups in total. The molecule has 2 amide bonds. The Labute approximate surface area is 146 Å². The Hall–Kier alpha value is -1.77. The highest BCUT2D eigenvalue weighted by Crippen LogP contribution is 2.22. The van der Waals surface area contributed by atoms with Crippen LogP contribution in [0.2, 0.25) is 0 Å². The maximum atomic E-state index is 12.3. The summed E-state index contributed by atoms with van der Waals surface area (Å²) >= 11 is 0. The second-order valence-electron chi connectivity index (χ2n) is 7.21. The van der Waals surface area contributed by atoms with Crippen LogP contribution in [0.3, 0.4) is 0 Å². The van der Waals surface area contributed by atoms with Gasteiger partial charge in [-0.25, -0.2) is 4.79 Å². The molecule has 3 nitrogen and oxygen atoms in total. The molecule has 1 fully saturated rings. The molecule has 0 aromatic heterocycles. The van der Waals surface area contributed by atoms with Gasteiger partial charge in [-0.3, -0.25) is 0 Å². The SMILES string of the molecule is O=C(NCCC1=CCCCC1)N1CCC(Cc2ccccc2)CC1. The monoisotopic (exact) mass is 326 g/mol. The van der Waals surface area contributed by atoms with Gasteiger partial charge in [0.1, 0.15) is 0 Å². The zero-order chi connectivity index (χ0) is 16.6. The van der Waals surface area contributed by atoms with Gasteiger partial charge in [0.2, 0.25) is 0 Å². The van der Waals surface area contributed by atoms with E-state index in [1.165, 1.54) is 36.8 Å². The van der Waals surface area contributed by atoms with Crippen LogP contribution in [0.25, 0.3) is 0 Å². The summed E-state index contributed by atoms with van der Waals surface area (Å²) in [6.07, 6.45) is 11.9. The first-order valence-electron chi connectivity index (χ1n) is 9.56. The van der Waals surface area contributed by atoms with Gasteiger partial charge in [0.25, 0.3) is 0 Å². The zero-order valence-corrected chi connectivity index (χ0v) is 14.7. The Balaban J connectivity index is 1.35. The lowest BCUT2D eigenvalue weighted by atomic mass is 9.90. The van der Waals surface area contributed by atoms with Crippen molar-refractivity contribution >= 4 is 6.03 Å². The fraction of sp³-hybridized carbons (Fsp3) is 0.571. The number of nitrogens with zero attached hydrogens (tertiary/aromatic N) is 1. The highest BCUT2D eigenvalue weighted by atomic mass is 16.2. The van der Waals surface area contributed by atoms with Crippen molar-refractivity contribution in [2.45, 2.75) is 51.4 Å². The minimum atomic E-state index is 0.129. The third-order valence-electron chi connectivity index (χ3n) is 5.38. The molecule has 1 aromatic carbocycles. The molecule has 0 radical (unpaired) electrons. The second-order valence-corrected chi connectivity index (χ2v) is 7.21. The third-order valence-corrected chi connectivity index (χ3v) is 5.38. The van der Waals surface area contributed by atoms with Crippen LogP contribution in [0.5, 0.6) is 0 Å². The molecule has 1 saturated heterocycles. The molecule has 0 saturated carbocycles. The lowest BCUT2D eigenvalue weighted by molar-refractivity contribution is 0.170. The summed E-state index contributed by atoms with van der Waals surface area (Å²) in [6, 6.07) is 10.8. The Morgan fingerprint density at radius 3 is 2.62 bits per heavy atom. The van der Waals surface area contributed by atoms with E-state index in [1.54, 1.807) is 0 Å². The Morgan fingerprint density at radius 1 is 1.12 bits per heavy atom. The van der Waals surface area contributed by atoms with Crippen molar-refractivity contribution in [3.63, 3.8) is 0 Å². The van der Waals surface area contributed by atoms with Crippen molar-refractivity contribution in [3.8, 4) is 0 Å². The van der Waals surface area contributed by atoms with Crippen molar-refractivity contribution in [3.05, 3.63) is 47.5 Å². The van der Waals surface area contributed by atoms with Crippen LogP contribution in [0.4, 0.5) is 4.79 Å². The van der Waals surface area contributed by atoms with E-state index in [0.29, 0.717) is 5.92 Å². The fourth-order valence-electron chi connectivity index (χ4n) is 3.86. The molecule has 3 heteroatoms. The molecule has 0 spiro atoms. The summed E-state index contributed by atoms with van der Waals surface area (Å²) in [4.78, 5) is 14.3. The topological polar surface area (TPSA) is 32.3 Å². The molecule has 130 valence electrons. The minimum absolute atomic E-state index is 0.129. The highest BCUT2D eigenvalue weighted by Gasteiger charge is 2.22. The van der Waals surface area contributed by atoms with Gasteiger partial charge < -0.3 is 10.2 Å². The summed E-state index contributed by atoms with van der Waals surface area (Å²) in [5.41, 5.74) is 2.95. The van der Waals surface area contributed by atoms with Crippen LogP contribution in [-0.2, 0) is 6.42 Å². The number of amides is 2. The number of benzene rings is 1. The smallest absolute Gasteiger partial charge is 0.317 e. The van der Waals surface area contributed by atoms with Gasteiger partial charge in [-0.2, -0.15) is 0 Å². The second kappa shape index (κ2) is 8.91.